The molecule has 9 heteroatoms. The number of halogens is 3. The van der Waals surface area contributed by atoms with Crippen molar-refractivity contribution < 1.29 is 30.2 Å². The third-order valence-electron chi connectivity index (χ3n) is 0.954. The van der Waals surface area contributed by atoms with Gasteiger partial charge < -0.3 is 4.43 Å². The van der Waals surface area contributed by atoms with Crippen LogP contribution in [0.3, 0.4) is 0 Å². The van der Waals surface area contributed by atoms with E-state index in [1.807, 2.05) is 0 Å². The maximum absolute atomic E-state index is 11.6. The third kappa shape index (κ3) is 4.60. The average Bonchev–Trinajstić information content (AvgIpc) is 1.96. The van der Waals surface area contributed by atoms with E-state index in [9.17, 15) is 21.6 Å². The Balaban J connectivity index is 3.92. The van der Waals surface area contributed by atoms with Crippen LogP contribution in [0.15, 0.2) is 0 Å². The van der Waals surface area contributed by atoms with E-state index in [0.29, 0.717) is 0 Å². The molecule has 4 nitrogen and oxygen atoms in total. The zero-order valence-electron chi connectivity index (χ0n) is 6.80. The fourth-order valence-corrected chi connectivity index (χ4v) is 1.24. The van der Waals surface area contributed by atoms with E-state index in [-0.39, 0.29) is 6.61 Å². The Bertz CT molecular complexity index is 236. The molecule has 0 saturated carbocycles. The molecule has 0 spiro atoms. The van der Waals surface area contributed by atoms with E-state index in [1.54, 1.807) is 6.55 Å². The molecule has 0 aromatic rings. The third-order valence-corrected chi connectivity index (χ3v) is 2.69. The second kappa shape index (κ2) is 4.93. The van der Waals surface area contributed by atoms with Gasteiger partial charge in [0.05, 0.1) is 13.2 Å². The number of hydrogen-bond donors (Lipinski definition) is 0. The minimum Gasteiger partial charge on any atom is -0.422 e. The van der Waals surface area contributed by atoms with E-state index in [2.05, 4.69) is 4.18 Å². The largest absolute Gasteiger partial charge is 0.523 e. The number of hydrogen-bond acceptors (Lipinski definition) is 4. The van der Waals surface area contributed by atoms with Crippen LogP contribution in [0.1, 0.15) is 0 Å². The van der Waals surface area contributed by atoms with E-state index in [0.717, 1.165) is 0 Å². The molecule has 0 unspecified atom stereocenters. The van der Waals surface area contributed by atoms with Gasteiger partial charge in [0.15, 0.2) is 9.76 Å². The predicted octanol–water partition coefficient (Wildman–Crippen LogP) is 0.00110. The second-order valence-corrected chi connectivity index (χ2v) is 4.51. The zero-order chi connectivity index (χ0) is 10.5. The monoisotopic (exact) mass is 238 g/mol. The van der Waals surface area contributed by atoms with Crippen LogP contribution in [0, 0.1) is 0 Å². The van der Waals surface area contributed by atoms with Gasteiger partial charge in [0.25, 0.3) is 0 Å². The van der Waals surface area contributed by atoms with Gasteiger partial charge in [-0.25, -0.2) is 0 Å². The standard InChI is InChI=1S/C4H9F3O4SSi/c1-13-11-3-2-10-12(8,9)4(5,6)7/h2-3,13H2,1H3. The summed E-state index contributed by atoms with van der Waals surface area (Å²) in [5.74, 6) is 0. The van der Waals surface area contributed by atoms with Crippen LogP contribution in [0.4, 0.5) is 13.2 Å². The SMILES string of the molecule is C[SiH2]OCCOS(=O)(=O)C(F)(F)F. The smallest absolute Gasteiger partial charge is 0.422 e. The van der Waals surface area contributed by atoms with Gasteiger partial charge in [-0.05, 0) is 0 Å². The lowest BCUT2D eigenvalue weighted by Crippen LogP contribution is -2.26. The molecular formula is C4H9F3O4SSi. The van der Waals surface area contributed by atoms with E-state index < -0.39 is 32.0 Å². The molecule has 0 atom stereocenters. The van der Waals surface area contributed by atoms with Crippen molar-refractivity contribution in [2.45, 2.75) is 12.1 Å². The first-order chi connectivity index (χ1) is 5.81. The molecule has 0 bridgehead atoms. The maximum Gasteiger partial charge on any atom is 0.523 e. The number of rotatable bonds is 5. The van der Waals surface area contributed by atoms with Crippen LogP contribution in [0.25, 0.3) is 0 Å². The van der Waals surface area contributed by atoms with Crippen molar-refractivity contribution in [1.29, 1.82) is 0 Å². The molecule has 0 aliphatic carbocycles. The Labute approximate surface area is 76.1 Å². The Morgan fingerprint density at radius 3 is 2.23 bits per heavy atom. The summed E-state index contributed by atoms with van der Waals surface area (Å²) in [6.45, 7) is 1.04. The summed E-state index contributed by atoms with van der Waals surface area (Å²) < 4.78 is 63.6. The Hall–Kier alpha value is -0.123. The molecule has 0 rings (SSSR count). The first-order valence-electron chi connectivity index (χ1n) is 3.34. The Morgan fingerprint density at radius 2 is 1.85 bits per heavy atom. The normalized spacial score (nSPS) is 14.2. The van der Waals surface area contributed by atoms with Crippen LogP contribution in [-0.2, 0) is 18.7 Å². The van der Waals surface area contributed by atoms with Crippen LogP contribution in [0.2, 0.25) is 6.55 Å². The molecule has 80 valence electrons. The Kier molecular flexibility index (Phi) is 4.89. The number of alkyl halides is 3. The minimum absolute atomic E-state index is 0.127. The van der Waals surface area contributed by atoms with Crippen molar-refractivity contribution in [2.75, 3.05) is 13.2 Å². The lowest BCUT2D eigenvalue weighted by atomic mass is 10.8. The van der Waals surface area contributed by atoms with Gasteiger partial charge in [0.1, 0.15) is 0 Å². The summed E-state index contributed by atoms with van der Waals surface area (Å²) in [7, 11) is -6.18. The van der Waals surface area contributed by atoms with E-state index in [1.165, 1.54) is 0 Å². The highest BCUT2D eigenvalue weighted by molar-refractivity contribution is 7.87. The minimum atomic E-state index is -5.44. The van der Waals surface area contributed by atoms with Crippen molar-refractivity contribution in [1.82, 2.24) is 0 Å². The second-order valence-electron chi connectivity index (χ2n) is 1.92. The molecule has 0 aromatic heterocycles. The van der Waals surface area contributed by atoms with Crippen LogP contribution in [0.5, 0.6) is 0 Å². The fraction of sp³-hybridized carbons (Fsp3) is 1.00. The van der Waals surface area contributed by atoms with Crippen LogP contribution >= 0.6 is 0 Å². The predicted molar refractivity (Wildman–Crippen MR) is 41.3 cm³/mol. The highest BCUT2D eigenvalue weighted by atomic mass is 32.2. The van der Waals surface area contributed by atoms with Crippen molar-refractivity contribution in [3.8, 4) is 0 Å². The molecule has 13 heavy (non-hydrogen) atoms. The van der Waals surface area contributed by atoms with Crippen LogP contribution in [-0.4, -0.2) is 36.9 Å². The molecule has 0 amide bonds. The van der Waals surface area contributed by atoms with Gasteiger partial charge in [0.2, 0.25) is 0 Å². The summed E-state index contributed by atoms with van der Waals surface area (Å²) in [4.78, 5) is 0. The van der Waals surface area contributed by atoms with E-state index >= 15 is 0 Å². The lowest BCUT2D eigenvalue weighted by molar-refractivity contribution is -0.0546. The van der Waals surface area contributed by atoms with Crippen molar-refractivity contribution in [3.05, 3.63) is 0 Å². The molecule has 0 aliphatic rings. The van der Waals surface area contributed by atoms with Gasteiger partial charge in [0, 0.05) is 0 Å². The van der Waals surface area contributed by atoms with Crippen LogP contribution < -0.4 is 0 Å². The molecule has 0 heterocycles. The molecule has 0 aliphatic heterocycles. The van der Waals surface area contributed by atoms with Crippen molar-refractivity contribution in [2.24, 2.45) is 0 Å². The highest BCUT2D eigenvalue weighted by Gasteiger charge is 2.47. The molecule has 0 fully saturated rings. The first-order valence-corrected chi connectivity index (χ1v) is 6.74. The zero-order valence-corrected chi connectivity index (χ0v) is 9.03. The summed E-state index contributed by atoms with van der Waals surface area (Å²) in [5.41, 5.74) is -5.35. The topological polar surface area (TPSA) is 52.6 Å². The molecule has 0 N–H and O–H groups in total. The molecule has 0 radical (unpaired) electrons. The summed E-state index contributed by atoms with van der Waals surface area (Å²) in [5, 5.41) is 0. The average molecular weight is 238 g/mol. The van der Waals surface area contributed by atoms with Gasteiger partial charge in [-0.15, -0.1) is 0 Å². The Morgan fingerprint density at radius 1 is 1.31 bits per heavy atom. The quantitative estimate of drug-likeness (QED) is 0.293. The maximum atomic E-state index is 11.6. The first kappa shape index (κ1) is 12.9. The highest BCUT2D eigenvalue weighted by Crippen LogP contribution is 2.24. The summed E-state index contributed by atoms with van der Waals surface area (Å²) in [6.07, 6.45) is 0. The molecule has 0 aromatic carbocycles. The summed E-state index contributed by atoms with van der Waals surface area (Å²) in [6, 6.07) is 0. The molecule has 0 saturated heterocycles. The molecular weight excluding hydrogens is 229 g/mol. The fourth-order valence-electron chi connectivity index (χ4n) is 0.414. The van der Waals surface area contributed by atoms with Gasteiger partial charge in [-0.2, -0.15) is 21.6 Å². The lowest BCUT2D eigenvalue weighted by Gasteiger charge is -2.07. The van der Waals surface area contributed by atoms with Gasteiger partial charge in [-0.3, -0.25) is 4.18 Å². The van der Waals surface area contributed by atoms with Gasteiger partial charge in [-0.1, -0.05) is 6.55 Å². The van der Waals surface area contributed by atoms with E-state index in [4.69, 9.17) is 4.43 Å². The van der Waals surface area contributed by atoms with Crippen molar-refractivity contribution in [3.63, 3.8) is 0 Å². The van der Waals surface area contributed by atoms with Gasteiger partial charge >= 0.3 is 15.6 Å². The summed E-state index contributed by atoms with van der Waals surface area (Å²) >= 11 is 0. The van der Waals surface area contributed by atoms with Crippen molar-refractivity contribution >= 4 is 19.9 Å².